The van der Waals surface area contributed by atoms with E-state index < -0.39 is 25.9 Å². The molecule has 156 valence electrons. The van der Waals surface area contributed by atoms with Gasteiger partial charge < -0.3 is 0 Å². The topological polar surface area (TPSA) is 71.5 Å². The van der Waals surface area contributed by atoms with Gasteiger partial charge in [-0.3, -0.25) is 0 Å². The summed E-state index contributed by atoms with van der Waals surface area (Å²) in [7, 11) is -7.38. The second-order valence-electron chi connectivity index (χ2n) is 7.40. The zero-order valence-corrected chi connectivity index (χ0v) is 18.0. The van der Waals surface area contributed by atoms with Crippen LogP contribution in [0.5, 0.6) is 0 Å². The van der Waals surface area contributed by atoms with Gasteiger partial charge in [-0.05, 0) is 48.2 Å². The normalized spacial score (nSPS) is 17.8. The van der Waals surface area contributed by atoms with Crippen LogP contribution in [0.25, 0.3) is 11.1 Å². The number of hydrogen-bond acceptors (Lipinski definition) is 4. The van der Waals surface area contributed by atoms with Gasteiger partial charge in [-0.1, -0.05) is 60.7 Å². The molecule has 7 heteroatoms. The Morgan fingerprint density at radius 2 is 1.33 bits per heavy atom. The Kier molecular flexibility index (Phi) is 5.77. The predicted octanol–water partition coefficient (Wildman–Crippen LogP) is 3.98. The Bertz CT molecular complexity index is 1220. The predicted molar refractivity (Wildman–Crippen MR) is 117 cm³/mol. The SMILES string of the molecule is O=S(=O)(CC1CCCN1S(=O)(=O)c1cccc(-c2ccccc2)c1)c1ccccc1. The van der Waals surface area contributed by atoms with Crippen LogP contribution in [0.15, 0.2) is 94.7 Å². The molecule has 0 spiro atoms. The highest BCUT2D eigenvalue weighted by Gasteiger charge is 2.38. The van der Waals surface area contributed by atoms with Crippen LogP contribution in [0.2, 0.25) is 0 Å². The zero-order chi connectivity index (χ0) is 21.2. The molecule has 0 N–H and O–H groups in total. The van der Waals surface area contributed by atoms with Crippen LogP contribution in [0.1, 0.15) is 12.8 Å². The average molecular weight is 442 g/mol. The lowest BCUT2D eigenvalue weighted by molar-refractivity contribution is 0.408. The van der Waals surface area contributed by atoms with E-state index in [9.17, 15) is 16.8 Å². The average Bonchev–Trinajstić information content (AvgIpc) is 3.23. The molecule has 0 amide bonds. The van der Waals surface area contributed by atoms with Crippen LogP contribution in [-0.4, -0.2) is 39.5 Å². The van der Waals surface area contributed by atoms with E-state index in [4.69, 9.17) is 0 Å². The van der Waals surface area contributed by atoms with Crippen molar-refractivity contribution in [2.75, 3.05) is 12.3 Å². The van der Waals surface area contributed by atoms with Gasteiger partial charge in [0, 0.05) is 12.6 Å². The van der Waals surface area contributed by atoms with Crippen molar-refractivity contribution in [2.24, 2.45) is 0 Å². The van der Waals surface area contributed by atoms with E-state index in [1.807, 2.05) is 36.4 Å². The molecule has 1 unspecified atom stereocenters. The molecule has 0 radical (unpaired) electrons. The summed E-state index contributed by atoms with van der Waals surface area (Å²) in [6.45, 7) is 0.326. The summed E-state index contributed by atoms with van der Waals surface area (Å²) in [5.41, 5.74) is 1.74. The van der Waals surface area contributed by atoms with Crippen LogP contribution in [0.3, 0.4) is 0 Å². The van der Waals surface area contributed by atoms with Crippen molar-refractivity contribution in [3.8, 4) is 11.1 Å². The van der Waals surface area contributed by atoms with E-state index >= 15 is 0 Å². The molecule has 1 aliphatic rings. The Morgan fingerprint density at radius 1 is 0.733 bits per heavy atom. The maximum atomic E-state index is 13.4. The van der Waals surface area contributed by atoms with E-state index in [-0.39, 0.29) is 15.5 Å². The van der Waals surface area contributed by atoms with Gasteiger partial charge in [-0.2, -0.15) is 4.31 Å². The highest BCUT2D eigenvalue weighted by atomic mass is 32.2. The number of sulfone groups is 1. The van der Waals surface area contributed by atoms with E-state index in [1.165, 1.54) is 4.31 Å². The maximum Gasteiger partial charge on any atom is 0.243 e. The summed E-state index contributed by atoms with van der Waals surface area (Å²) in [6.07, 6.45) is 1.18. The van der Waals surface area contributed by atoms with Crippen LogP contribution < -0.4 is 0 Å². The molecule has 0 aromatic heterocycles. The minimum absolute atomic E-state index is 0.188. The molecule has 1 heterocycles. The number of hydrogen-bond donors (Lipinski definition) is 0. The van der Waals surface area contributed by atoms with E-state index in [2.05, 4.69) is 0 Å². The summed E-state index contributed by atoms with van der Waals surface area (Å²) in [4.78, 5) is 0.410. The van der Waals surface area contributed by atoms with Crippen LogP contribution in [-0.2, 0) is 19.9 Å². The first-order valence-corrected chi connectivity index (χ1v) is 12.9. The standard InChI is InChI=1S/C23H23NO4S2/c25-29(26,22-13-5-2-6-14-22)18-21-12-8-16-24(21)30(27,28)23-15-7-11-20(17-23)19-9-3-1-4-10-19/h1-7,9-11,13-15,17,21H,8,12,16,18H2. The molecule has 30 heavy (non-hydrogen) atoms. The van der Waals surface area contributed by atoms with Gasteiger partial charge in [0.1, 0.15) is 0 Å². The third-order valence-electron chi connectivity index (χ3n) is 5.38. The fourth-order valence-corrected chi connectivity index (χ4v) is 7.32. The molecular formula is C23H23NO4S2. The Balaban J connectivity index is 1.63. The number of sulfonamides is 1. The van der Waals surface area contributed by atoms with Gasteiger partial charge in [0.15, 0.2) is 9.84 Å². The third kappa shape index (κ3) is 4.19. The van der Waals surface area contributed by atoms with Gasteiger partial charge in [-0.25, -0.2) is 16.8 Å². The maximum absolute atomic E-state index is 13.4. The Hall–Kier alpha value is -2.48. The quantitative estimate of drug-likeness (QED) is 0.580. The highest BCUT2D eigenvalue weighted by Crippen LogP contribution is 2.30. The molecular weight excluding hydrogens is 418 g/mol. The van der Waals surface area contributed by atoms with E-state index in [0.717, 1.165) is 11.1 Å². The van der Waals surface area contributed by atoms with Crippen LogP contribution in [0, 0.1) is 0 Å². The molecule has 4 rings (SSSR count). The van der Waals surface area contributed by atoms with Crippen molar-refractivity contribution < 1.29 is 16.8 Å². The molecule has 0 aliphatic carbocycles. The summed E-state index contributed by atoms with van der Waals surface area (Å²) in [5, 5.41) is 0. The summed E-state index contributed by atoms with van der Waals surface area (Å²) in [6, 6.07) is 24.0. The number of nitrogens with zero attached hydrogens (tertiary/aromatic N) is 1. The zero-order valence-electron chi connectivity index (χ0n) is 16.4. The highest BCUT2D eigenvalue weighted by molar-refractivity contribution is 7.91. The number of benzene rings is 3. The van der Waals surface area contributed by atoms with Crippen molar-refractivity contribution in [1.82, 2.24) is 4.31 Å². The minimum Gasteiger partial charge on any atom is -0.224 e. The fraction of sp³-hybridized carbons (Fsp3) is 0.217. The van der Waals surface area contributed by atoms with E-state index in [1.54, 1.807) is 48.5 Å². The minimum atomic E-state index is -3.80. The second-order valence-corrected chi connectivity index (χ2v) is 11.3. The van der Waals surface area contributed by atoms with Crippen LogP contribution in [0.4, 0.5) is 0 Å². The second kappa shape index (κ2) is 8.34. The molecule has 1 aliphatic heterocycles. The molecule has 1 fully saturated rings. The first-order chi connectivity index (χ1) is 14.4. The van der Waals surface area contributed by atoms with Gasteiger partial charge in [0.05, 0.1) is 15.5 Å². The van der Waals surface area contributed by atoms with Gasteiger partial charge >= 0.3 is 0 Å². The van der Waals surface area contributed by atoms with Crippen molar-refractivity contribution in [3.63, 3.8) is 0 Å². The molecule has 3 aromatic rings. The Morgan fingerprint density at radius 3 is 2.03 bits per heavy atom. The lowest BCUT2D eigenvalue weighted by atomic mass is 10.1. The summed E-state index contributed by atoms with van der Waals surface area (Å²) in [5.74, 6) is -0.214. The molecule has 3 aromatic carbocycles. The lowest BCUT2D eigenvalue weighted by Gasteiger charge is -2.24. The van der Waals surface area contributed by atoms with Crippen molar-refractivity contribution in [3.05, 3.63) is 84.9 Å². The van der Waals surface area contributed by atoms with Gasteiger partial charge in [0.2, 0.25) is 10.0 Å². The van der Waals surface area contributed by atoms with Crippen molar-refractivity contribution >= 4 is 19.9 Å². The monoisotopic (exact) mass is 441 g/mol. The molecule has 1 saturated heterocycles. The number of rotatable bonds is 6. The summed E-state index contributed by atoms with van der Waals surface area (Å²) >= 11 is 0. The van der Waals surface area contributed by atoms with Gasteiger partial charge in [-0.15, -0.1) is 0 Å². The largest absolute Gasteiger partial charge is 0.243 e. The smallest absolute Gasteiger partial charge is 0.224 e. The lowest BCUT2D eigenvalue weighted by Crippen LogP contribution is -2.39. The van der Waals surface area contributed by atoms with Crippen molar-refractivity contribution in [1.29, 1.82) is 0 Å². The third-order valence-corrected chi connectivity index (χ3v) is 9.15. The molecule has 0 saturated carbocycles. The molecule has 1 atom stereocenters. The fourth-order valence-electron chi connectivity index (χ4n) is 3.87. The van der Waals surface area contributed by atoms with E-state index in [0.29, 0.717) is 19.4 Å². The Labute approximate surface area is 178 Å². The first-order valence-electron chi connectivity index (χ1n) is 9.83. The van der Waals surface area contributed by atoms with Crippen molar-refractivity contribution in [2.45, 2.75) is 28.7 Å². The molecule has 0 bridgehead atoms. The first kappa shape index (κ1) is 20.8. The van der Waals surface area contributed by atoms with Gasteiger partial charge in [0.25, 0.3) is 0 Å². The molecule has 5 nitrogen and oxygen atoms in total. The summed E-state index contributed by atoms with van der Waals surface area (Å²) < 4.78 is 53.8. The van der Waals surface area contributed by atoms with Crippen LogP contribution >= 0.6 is 0 Å².